The molecule has 0 radical (unpaired) electrons. The molecule has 39 heavy (non-hydrogen) atoms. The molecule has 0 fully saturated rings. The number of hydrogen-bond donors (Lipinski definition) is 0. The number of benzene rings is 4. The van der Waals surface area contributed by atoms with Gasteiger partial charge in [0, 0.05) is 0 Å². The van der Waals surface area contributed by atoms with Gasteiger partial charge >= 0.3 is 26.2 Å². The summed E-state index contributed by atoms with van der Waals surface area (Å²) < 4.78 is 144. The molecule has 0 aliphatic rings. The Balaban J connectivity index is 0.00000420. The van der Waals surface area contributed by atoms with Gasteiger partial charge in [-0.1, -0.05) is 36.4 Å². The van der Waals surface area contributed by atoms with Crippen molar-refractivity contribution in [3.63, 3.8) is 0 Å². The smallest absolute Gasteiger partial charge is 0.212 e. The van der Waals surface area contributed by atoms with E-state index in [1.54, 1.807) is 0 Å². The van der Waals surface area contributed by atoms with Crippen LogP contribution < -0.4 is 0 Å². The quantitative estimate of drug-likeness (QED) is 0.0522. The Morgan fingerprint density at radius 2 is 0.590 bits per heavy atom. The first kappa shape index (κ1) is 30.1. The molecule has 11 heteroatoms. The van der Waals surface area contributed by atoms with Gasteiger partial charge in [0.15, 0.2) is 34.9 Å². The average Bonchev–Trinajstić information content (AvgIpc) is 2.93. The van der Waals surface area contributed by atoms with E-state index in [0.29, 0.717) is 0 Å². The Morgan fingerprint density at radius 1 is 0.359 bits per heavy atom. The number of hydrogen-bond acceptors (Lipinski definition) is 0. The van der Waals surface area contributed by atoms with Crippen LogP contribution in [-0.4, -0.2) is 0 Å². The minimum Gasteiger partial charge on any atom is -0.212 e. The molecule has 0 amide bonds. The third-order valence-corrected chi connectivity index (χ3v) is 5.26. The fourth-order valence-electron chi connectivity index (χ4n) is 3.48. The SMILES string of the molecule is Fc1c(F)c(F)c(C(=[C-]c2ccccc2)C(=[C-]c2ccccc2)c2c(F)c(F)c(F)c(F)c2F)c(F)c1F.[Zr+4]. The van der Waals surface area contributed by atoms with Gasteiger partial charge in [0.2, 0.25) is 0 Å². The van der Waals surface area contributed by atoms with Gasteiger partial charge in [-0.2, -0.15) is 23.3 Å². The Labute approximate surface area is 234 Å². The number of allylic oxidation sites excluding steroid dienone is 2. The van der Waals surface area contributed by atoms with E-state index in [0.717, 1.165) is 0 Å². The summed E-state index contributed by atoms with van der Waals surface area (Å²) in [7, 11) is 0. The fourth-order valence-corrected chi connectivity index (χ4v) is 3.48. The minimum atomic E-state index is -2.53. The fraction of sp³-hybridized carbons (Fsp3) is 0. The van der Waals surface area contributed by atoms with Crippen molar-refractivity contribution in [1.29, 1.82) is 0 Å². The number of halogens is 10. The summed E-state index contributed by atoms with van der Waals surface area (Å²) >= 11 is 0. The maximum absolute atomic E-state index is 15.0. The maximum atomic E-state index is 15.0. The van der Waals surface area contributed by atoms with Crippen molar-refractivity contribution in [2.75, 3.05) is 0 Å². The van der Waals surface area contributed by atoms with E-state index in [2.05, 4.69) is 12.2 Å². The van der Waals surface area contributed by atoms with Crippen LogP contribution in [0.2, 0.25) is 0 Å². The van der Waals surface area contributed by atoms with Crippen molar-refractivity contribution in [3.05, 3.63) is 153 Å². The van der Waals surface area contributed by atoms with Crippen molar-refractivity contribution in [2.24, 2.45) is 0 Å². The van der Waals surface area contributed by atoms with Crippen LogP contribution in [0.25, 0.3) is 11.1 Å². The van der Waals surface area contributed by atoms with Gasteiger partial charge in [0.05, 0.1) is 0 Å². The second-order valence-electron chi connectivity index (χ2n) is 7.62. The van der Waals surface area contributed by atoms with E-state index in [-0.39, 0.29) is 37.3 Å². The van der Waals surface area contributed by atoms with E-state index < -0.39 is 80.4 Å². The third kappa shape index (κ3) is 5.64. The van der Waals surface area contributed by atoms with Gasteiger partial charge in [-0.15, -0.1) is 35.4 Å². The molecule has 0 bridgehead atoms. The third-order valence-electron chi connectivity index (χ3n) is 5.26. The summed E-state index contributed by atoms with van der Waals surface area (Å²) in [6.45, 7) is 0. The molecular weight excluding hydrogens is 618 g/mol. The van der Waals surface area contributed by atoms with E-state index in [4.69, 9.17) is 0 Å². The van der Waals surface area contributed by atoms with Crippen molar-refractivity contribution in [2.45, 2.75) is 0 Å². The molecule has 4 aromatic carbocycles. The predicted octanol–water partition coefficient (Wildman–Crippen LogP) is 8.25. The molecule has 0 heterocycles. The zero-order chi connectivity index (χ0) is 27.7. The molecule has 0 N–H and O–H groups in total. The van der Waals surface area contributed by atoms with Crippen LogP contribution in [0, 0.1) is 70.3 Å². The first-order chi connectivity index (χ1) is 18.0. The number of rotatable bonds is 5. The molecule has 194 valence electrons. The topological polar surface area (TPSA) is 0 Å². The van der Waals surface area contributed by atoms with E-state index in [1.165, 1.54) is 60.7 Å². The molecule has 0 atom stereocenters. The summed E-state index contributed by atoms with van der Waals surface area (Å²) in [4.78, 5) is 0. The zero-order valence-electron chi connectivity index (χ0n) is 19.1. The molecular formula is C28H10F10Zr+2. The Kier molecular flexibility index (Phi) is 9.38. The van der Waals surface area contributed by atoms with E-state index in [1.807, 2.05) is 0 Å². The summed E-state index contributed by atoms with van der Waals surface area (Å²) in [6.07, 6.45) is 4.57. The molecule has 0 unspecified atom stereocenters. The van der Waals surface area contributed by atoms with Gasteiger partial charge in [-0.25, -0.2) is 43.9 Å². The van der Waals surface area contributed by atoms with Crippen LogP contribution in [-0.2, 0) is 26.2 Å². The summed E-state index contributed by atoms with van der Waals surface area (Å²) in [5, 5.41) is 0. The van der Waals surface area contributed by atoms with E-state index in [9.17, 15) is 43.9 Å². The monoisotopic (exact) mass is 626 g/mol. The summed E-state index contributed by atoms with van der Waals surface area (Å²) in [5.41, 5.74) is -6.13. The maximum Gasteiger partial charge on any atom is 4.00 e. The minimum absolute atomic E-state index is 0. The van der Waals surface area contributed by atoms with Crippen molar-refractivity contribution >= 4 is 11.1 Å². The van der Waals surface area contributed by atoms with Crippen molar-refractivity contribution < 1.29 is 70.1 Å². The molecule has 0 saturated heterocycles. The Morgan fingerprint density at radius 3 is 0.846 bits per heavy atom. The first-order valence-electron chi connectivity index (χ1n) is 10.5. The van der Waals surface area contributed by atoms with Crippen molar-refractivity contribution in [1.82, 2.24) is 0 Å². The van der Waals surface area contributed by atoms with E-state index >= 15 is 0 Å². The molecule has 0 aliphatic heterocycles. The van der Waals surface area contributed by atoms with Gasteiger partial charge in [-0.3, -0.25) is 0 Å². The first-order valence-corrected chi connectivity index (χ1v) is 10.5. The second-order valence-corrected chi connectivity index (χ2v) is 7.62. The van der Waals surface area contributed by atoms with Gasteiger partial charge in [0.25, 0.3) is 0 Å². The summed E-state index contributed by atoms with van der Waals surface area (Å²) in [6, 6.07) is 13.4. The Bertz CT molecular complexity index is 1420. The van der Waals surface area contributed by atoms with Crippen LogP contribution in [0.15, 0.2) is 60.7 Å². The Hall–Kier alpha value is -3.46. The van der Waals surface area contributed by atoms with Crippen LogP contribution in [0.3, 0.4) is 0 Å². The normalized spacial score (nSPS) is 11.9. The van der Waals surface area contributed by atoms with Crippen LogP contribution >= 0.6 is 0 Å². The summed E-state index contributed by atoms with van der Waals surface area (Å²) in [5.74, 6) is -24.5. The van der Waals surface area contributed by atoms with Gasteiger partial charge < -0.3 is 0 Å². The van der Waals surface area contributed by atoms with Gasteiger partial charge in [-0.05, 0) is 11.1 Å². The average molecular weight is 628 g/mol. The second kappa shape index (κ2) is 12.2. The molecule has 4 rings (SSSR count). The molecule has 4 aromatic rings. The largest absolute Gasteiger partial charge is 4.00 e. The predicted molar refractivity (Wildman–Crippen MR) is 117 cm³/mol. The standard InChI is InChI=1S/C28H10F10.Zr/c29-19-17(20(30)24(34)27(37)23(19)33)15(11-13-7-3-1-4-8-13)16(12-14-9-5-2-6-10-14)18-21(31)25(35)28(38)26(36)22(18)32;/h1-10H;/q-2;+4. The molecule has 0 spiro atoms. The van der Waals surface area contributed by atoms with Crippen LogP contribution in [0.1, 0.15) is 22.3 Å². The van der Waals surface area contributed by atoms with Crippen LogP contribution in [0.4, 0.5) is 43.9 Å². The molecule has 0 aromatic heterocycles. The van der Waals surface area contributed by atoms with Crippen molar-refractivity contribution in [3.8, 4) is 0 Å². The van der Waals surface area contributed by atoms with Gasteiger partial charge in [0.1, 0.15) is 23.3 Å². The van der Waals surface area contributed by atoms with Crippen LogP contribution in [0.5, 0.6) is 0 Å². The zero-order valence-corrected chi connectivity index (χ0v) is 21.5. The molecule has 0 saturated carbocycles. The molecule has 0 nitrogen and oxygen atoms in total. The molecule has 0 aliphatic carbocycles.